The van der Waals surface area contributed by atoms with Crippen LogP contribution in [-0.2, 0) is 11.3 Å². The molecule has 8 heteroatoms. The van der Waals surface area contributed by atoms with Crippen molar-refractivity contribution >= 4 is 17.3 Å². The van der Waals surface area contributed by atoms with E-state index in [0.29, 0.717) is 0 Å². The van der Waals surface area contributed by atoms with Crippen LogP contribution in [0.4, 0.5) is 11.4 Å². The Hall–Kier alpha value is -2.90. The molecule has 1 N–H and O–H groups in total. The van der Waals surface area contributed by atoms with E-state index in [1.165, 1.54) is 18.0 Å². The average Bonchev–Trinajstić information content (AvgIpc) is 2.93. The highest BCUT2D eigenvalue weighted by Crippen LogP contribution is 2.24. The number of aromatic nitrogens is 2. The number of carbonyl (C=O) groups is 1. The fourth-order valence-corrected chi connectivity index (χ4v) is 2.21. The second-order valence-electron chi connectivity index (χ2n) is 5.11. The van der Waals surface area contributed by atoms with Crippen LogP contribution in [0.1, 0.15) is 17.5 Å². The van der Waals surface area contributed by atoms with Crippen molar-refractivity contribution in [3.05, 3.63) is 45.6 Å². The van der Waals surface area contributed by atoms with Crippen molar-refractivity contribution in [1.29, 1.82) is 0 Å². The van der Waals surface area contributed by atoms with Crippen LogP contribution >= 0.6 is 0 Å². The van der Waals surface area contributed by atoms with Crippen LogP contribution in [0.5, 0.6) is 5.88 Å². The maximum Gasteiger partial charge on any atom is 0.350 e. The van der Waals surface area contributed by atoms with E-state index in [1.807, 2.05) is 32.0 Å². The Morgan fingerprint density at radius 2 is 2.04 bits per heavy atom. The molecule has 0 fully saturated rings. The molecule has 0 spiro atoms. The van der Waals surface area contributed by atoms with Gasteiger partial charge in [0.15, 0.2) is 0 Å². The Balaban J connectivity index is 2.01. The average molecular weight is 318 g/mol. The third kappa shape index (κ3) is 3.85. The third-order valence-electron chi connectivity index (χ3n) is 3.41. The lowest BCUT2D eigenvalue weighted by Crippen LogP contribution is -2.16. The molecule has 1 aromatic heterocycles. The molecule has 0 atom stereocenters. The number of methoxy groups -OCH3 is 1. The number of nitrogens with one attached hydrogen (secondary N) is 1. The van der Waals surface area contributed by atoms with Crippen molar-refractivity contribution in [2.75, 3.05) is 12.4 Å². The van der Waals surface area contributed by atoms with E-state index >= 15 is 0 Å². The molecule has 0 bridgehead atoms. The minimum atomic E-state index is -0.570. The van der Waals surface area contributed by atoms with E-state index in [9.17, 15) is 14.9 Å². The number of rotatable bonds is 6. The molecular weight excluding hydrogens is 300 g/mol. The number of hydrogen-bond donors (Lipinski definition) is 1. The molecule has 1 heterocycles. The minimum absolute atomic E-state index is 0.0647. The number of ether oxygens (including phenoxy) is 1. The number of hydrogen-bond acceptors (Lipinski definition) is 5. The molecular formula is C15H18N4O4. The second kappa shape index (κ2) is 6.91. The van der Waals surface area contributed by atoms with E-state index in [4.69, 9.17) is 4.74 Å². The van der Waals surface area contributed by atoms with Gasteiger partial charge in [0.05, 0.1) is 18.6 Å². The van der Waals surface area contributed by atoms with Crippen molar-refractivity contribution in [2.24, 2.45) is 0 Å². The molecule has 23 heavy (non-hydrogen) atoms. The van der Waals surface area contributed by atoms with Crippen molar-refractivity contribution in [3.63, 3.8) is 0 Å². The minimum Gasteiger partial charge on any atom is -0.475 e. The van der Waals surface area contributed by atoms with Crippen LogP contribution in [0, 0.1) is 24.0 Å². The molecule has 8 nitrogen and oxygen atoms in total. The molecule has 0 aliphatic carbocycles. The number of aryl methyl sites for hydroxylation is 3. The topological polar surface area (TPSA) is 99.3 Å². The van der Waals surface area contributed by atoms with E-state index in [2.05, 4.69) is 10.4 Å². The maximum atomic E-state index is 12.1. The van der Waals surface area contributed by atoms with Gasteiger partial charge in [0.1, 0.15) is 6.20 Å². The number of anilines is 1. The van der Waals surface area contributed by atoms with E-state index in [1.54, 1.807) is 0 Å². The van der Waals surface area contributed by atoms with Gasteiger partial charge in [-0.25, -0.2) is 0 Å². The highest BCUT2D eigenvalue weighted by molar-refractivity contribution is 5.92. The predicted octanol–water partition coefficient (Wildman–Crippen LogP) is 2.45. The maximum absolute atomic E-state index is 12.1. The van der Waals surface area contributed by atoms with Gasteiger partial charge in [-0.2, -0.15) is 0 Å². The number of carbonyl (C=O) groups excluding carboxylic acids is 1. The summed E-state index contributed by atoms with van der Waals surface area (Å²) in [6.45, 7) is 4.07. The van der Waals surface area contributed by atoms with Crippen molar-refractivity contribution in [2.45, 2.75) is 26.8 Å². The van der Waals surface area contributed by atoms with Crippen LogP contribution < -0.4 is 10.1 Å². The lowest BCUT2D eigenvalue weighted by Gasteiger charge is -2.11. The van der Waals surface area contributed by atoms with Gasteiger partial charge in [-0.05, 0) is 25.0 Å². The number of benzene rings is 1. The van der Waals surface area contributed by atoms with Gasteiger partial charge in [0.2, 0.25) is 5.91 Å². The number of para-hydroxylation sites is 1. The number of amides is 1. The van der Waals surface area contributed by atoms with Crippen molar-refractivity contribution in [3.8, 4) is 5.88 Å². The Labute approximate surface area is 133 Å². The van der Waals surface area contributed by atoms with Crippen LogP contribution in [-0.4, -0.2) is 27.7 Å². The largest absolute Gasteiger partial charge is 0.475 e. The van der Waals surface area contributed by atoms with Gasteiger partial charge in [-0.1, -0.05) is 18.2 Å². The summed E-state index contributed by atoms with van der Waals surface area (Å²) in [5, 5.41) is 17.6. The van der Waals surface area contributed by atoms with Crippen LogP contribution in [0.25, 0.3) is 0 Å². The first kappa shape index (κ1) is 16.5. The Morgan fingerprint density at radius 1 is 1.39 bits per heavy atom. The first-order chi connectivity index (χ1) is 10.9. The Bertz CT molecular complexity index is 719. The SMILES string of the molecule is COc1nn(CCC(=O)Nc2c(C)cccc2C)cc1[N+](=O)[O-]. The second-order valence-corrected chi connectivity index (χ2v) is 5.11. The quantitative estimate of drug-likeness (QED) is 0.651. The van der Waals surface area contributed by atoms with E-state index in [0.717, 1.165) is 16.8 Å². The van der Waals surface area contributed by atoms with Crippen LogP contribution in [0.2, 0.25) is 0 Å². The first-order valence-electron chi connectivity index (χ1n) is 7.04. The van der Waals surface area contributed by atoms with Crippen LogP contribution in [0.15, 0.2) is 24.4 Å². The molecule has 2 aromatic rings. The molecule has 0 saturated heterocycles. The standard InChI is InChI=1S/C15H18N4O4/c1-10-5-4-6-11(2)14(10)16-13(20)7-8-18-9-12(19(21)22)15(17-18)23-3/h4-6,9H,7-8H2,1-3H3,(H,16,20). The molecule has 0 aliphatic heterocycles. The normalized spacial score (nSPS) is 10.4. The fraction of sp³-hybridized carbons (Fsp3) is 0.333. The zero-order valence-corrected chi connectivity index (χ0v) is 13.2. The van der Waals surface area contributed by atoms with E-state index in [-0.39, 0.29) is 30.4 Å². The van der Waals surface area contributed by atoms with Gasteiger partial charge in [0, 0.05) is 12.1 Å². The summed E-state index contributed by atoms with van der Waals surface area (Å²) in [7, 11) is 1.31. The van der Waals surface area contributed by atoms with Crippen molar-refractivity contribution in [1.82, 2.24) is 9.78 Å². The summed E-state index contributed by atoms with van der Waals surface area (Å²) < 4.78 is 6.18. The van der Waals surface area contributed by atoms with Gasteiger partial charge in [-0.3, -0.25) is 19.6 Å². The summed E-state index contributed by atoms with van der Waals surface area (Å²) in [6, 6.07) is 5.77. The molecule has 1 amide bonds. The number of nitro groups is 1. The first-order valence-corrected chi connectivity index (χ1v) is 7.04. The molecule has 0 unspecified atom stereocenters. The lowest BCUT2D eigenvalue weighted by atomic mass is 10.1. The molecule has 0 radical (unpaired) electrons. The molecule has 0 aliphatic rings. The third-order valence-corrected chi connectivity index (χ3v) is 3.41. The summed E-state index contributed by atoms with van der Waals surface area (Å²) in [5.74, 6) is -0.246. The highest BCUT2D eigenvalue weighted by Gasteiger charge is 2.20. The molecule has 2 rings (SSSR count). The van der Waals surface area contributed by atoms with Crippen molar-refractivity contribution < 1.29 is 14.5 Å². The molecule has 1 aromatic carbocycles. The zero-order chi connectivity index (χ0) is 17.0. The van der Waals surface area contributed by atoms with Gasteiger partial charge in [-0.15, -0.1) is 5.10 Å². The highest BCUT2D eigenvalue weighted by atomic mass is 16.6. The van der Waals surface area contributed by atoms with Gasteiger partial charge < -0.3 is 10.1 Å². The zero-order valence-electron chi connectivity index (χ0n) is 13.2. The van der Waals surface area contributed by atoms with E-state index < -0.39 is 4.92 Å². The van der Waals surface area contributed by atoms with Gasteiger partial charge >= 0.3 is 11.6 Å². The molecule has 0 saturated carbocycles. The number of nitrogens with zero attached hydrogens (tertiary/aromatic N) is 3. The summed E-state index contributed by atoms with van der Waals surface area (Å²) >= 11 is 0. The summed E-state index contributed by atoms with van der Waals surface area (Å²) in [4.78, 5) is 22.3. The summed E-state index contributed by atoms with van der Waals surface area (Å²) in [6.07, 6.45) is 1.40. The Morgan fingerprint density at radius 3 is 2.57 bits per heavy atom. The molecule has 122 valence electrons. The van der Waals surface area contributed by atoms with Crippen LogP contribution in [0.3, 0.4) is 0 Å². The Kier molecular flexibility index (Phi) is 4.95. The predicted molar refractivity (Wildman–Crippen MR) is 84.6 cm³/mol. The lowest BCUT2D eigenvalue weighted by molar-refractivity contribution is -0.385. The monoisotopic (exact) mass is 318 g/mol. The smallest absolute Gasteiger partial charge is 0.350 e. The van der Waals surface area contributed by atoms with Gasteiger partial charge in [0.25, 0.3) is 0 Å². The fourth-order valence-electron chi connectivity index (χ4n) is 2.21. The summed E-state index contributed by atoms with van der Waals surface area (Å²) in [5.41, 5.74) is 2.54.